The molecule has 1 saturated carbocycles. The molecule has 134 valence electrons. The molecule has 0 unspecified atom stereocenters. The number of hydrogen-bond acceptors (Lipinski definition) is 5. The van der Waals surface area contributed by atoms with Crippen molar-refractivity contribution in [3.8, 4) is 0 Å². The average Bonchev–Trinajstić information content (AvgIpc) is 3.14. The molecule has 0 atom stereocenters. The largest absolute Gasteiger partial charge is 0.342 e. The highest BCUT2D eigenvalue weighted by Crippen LogP contribution is 2.54. The minimum Gasteiger partial charge on any atom is -0.342 e. The lowest BCUT2D eigenvalue weighted by Crippen LogP contribution is -2.63. The lowest BCUT2D eigenvalue weighted by molar-refractivity contribution is -0.120. The van der Waals surface area contributed by atoms with Crippen molar-refractivity contribution in [1.82, 2.24) is 10.2 Å². The summed E-state index contributed by atoms with van der Waals surface area (Å²) in [5.74, 6) is 2.14. The van der Waals surface area contributed by atoms with E-state index in [1.165, 1.54) is 37.8 Å². The van der Waals surface area contributed by atoms with Crippen LogP contribution in [0.4, 0.5) is 0 Å². The van der Waals surface area contributed by atoms with Crippen LogP contribution in [0.15, 0.2) is 32.9 Å². The Balaban J connectivity index is 1.45. The maximum Gasteiger partial charge on any atom is 0.162 e. The van der Waals surface area contributed by atoms with Gasteiger partial charge in [-0.25, -0.2) is 0 Å². The Morgan fingerprint density at radius 1 is 1.20 bits per heavy atom. The van der Waals surface area contributed by atoms with Crippen LogP contribution < -0.4 is 5.32 Å². The maximum atomic E-state index is 13.1. The number of Topliss-reactive ketones (excluding diaryl/α,β-unsaturated/α-hetero) is 1. The van der Waals surface area contributed by atoms with Crippen LogP contribution in [-0.2, 0) is 4.79 Å². The summed E-state index contributed by atoms with van der Waals surface area (Å²) in [6.45, 7) is 8.22. The van der Waals surface area contributed by atoms with Crippen molar-refractivity contribution in [3.05, 3.63) is 22.7 Å². The first-order chi connectivity index (χ1) is 12.0. The van der Waals surface area contributed by atoms with Gasteiger partial charge >= 0.3 is 0 Å². The monoisotopic (exact) mass is 340 g/mol. The molecule has 1 saturated heterocycles. The van der Waals surface area contributed by atoms with Gasteiger partial charge in [-0.05, 0) is 30.6 Å². The van der Waals surface area contributed by atoms with E-state index in [2.05, 4.69) is 34.3 Å². The van der Waals surface area contributed by atoms with Crippen LogP contribution in [0.5, 0.6) is 0 Å². The lowest BCUT2D eigenvalue weighted by Gasteiger charge is -2.56. The van der Waals surface area contributed by atoms with Gasteiger partial charge in [0.1, 0.15) is 0 Å². The molecule has 5 aliphatic rings. The maximum absolute atomic E-state index is 13.1. The molecule has 2 fully saturated rings. The summed E-state index contributed by atoms with van der Waals surface area (Å²) in [7, 11) is 0. The van der Waals surface area contributed by atoms with Gasteiger partial charge in [0, 0.05) is 42.9 Å². The van der Waals surface area contributed by atoms with E-state index in [-0.39, 0.29) is 10.8 Å². The van der Waals surface area contributed by atoms with Crippen LogP contribution in [-0.4, -0.2) is 36.9 Å². The number of dihydropyridines is 1. The minimum absolute atomic E-state index is 0.0329. The van der Waals surface area contributed by atoms with Crippen molar-refractivity contribution in [2.45, 2.75) is 52.4 Å². The number of allylic oxidation sites excluding steroid dienone is 1. The van der Waals surface area contributed by atoms with E-state index < -0.39 is 0 Å². The van der Waals surface area contributed by atoms with Gasteiger partial charge in [0.15, 0.2) is 11.6 Å². The van der Waals surface area contributed by atoms with E-state index in [4.69, 9.17) is 0 Å². The van der Waals surface area contributed by atoms with Gasteiger partial charge in [-0.2, -0.15) is 5.11 Å². The zero-order chi connectivity index (χ0) is 17.2. The van der Waals surface area contributed by atoms with E-state index in [0.717, 1.165) is 42.5 Å². The fraction of sp³-hybridized carbons (Fsp3) is 0.750. The molecule has 1 N–H and O–H groups in total. The molecule has 0 aromatic rings. The molecular formula is C20H28N4O. The standard InChI is InChI=1S/C20H28N4O/c1-19(2)7-15-17(16(25)8-19)20(14-9-21-23-18(14)22-15)11-24(12-20)10-13-5-3-4-6-13/h13,22H,3-12H2,1-2H3. The average molecular weight is 340 g/mol. The number of carbonyl (C=O) groups is 1. The van der Waals surface area contributed by atoms with E-state index in [9.17, 15) is 4.79 Å². The topological polar surface area (TPSA) is 57.1 Å². The van der Waals surface area contributed by atoms with E-state index in [1.807, 2.05) is 0 Å². The highest BCUT2D eigenvalue weighted by atomic mass is 16.1. The molecule has 25 heavy (non-hydrogen) atoms. The summed E-state index contributed by atoms with van der Waals surface area (Å²) >= 11 is 0. The van der Waals surface area contributed by atoms with Gasteiger partial charge < -0.3 is 10.2 Å². The number of nitrogens with one attached hydrogen (secondary N) is 1. The van der Waals surface area contributed by atoms with Crippen LogP contribution in [0.1, 0.15) is 52.4 Å². The van der Waals surface area contributed by atoms with Crippen molar-refractivity contribution in [2.24, 2.45) is 27.0 Å². The summed E-state index contributed by atoms with van der Waals surface area (Å²) in [6, 6.07) is 0. The third-order valence-electron chi connectivity index (χ3n) is 6.86. The number of carbonyl (C=O) groups excluding carboxylic acids is 1. The van der Waals surface area contributed by atoms with Crippen molar-refractivity contribution < 1.29 is 4.79 Å². The van der Waals surface area contributed by atoms with Gasteiger partial charge in [0.25, 0.3) is 0 Å². The predicted octanol–water partition coefficient (Wildman–Crippen LogP) is 3.40. The van der Waals surface area contributed by atoms with E-state index >= 15 is 0 Å². The number of hydrogen-bond donors (Lipinski definition) is 1. The molecular weight excluding hydrogens is 312 g/mol. The Morgan fingerprint density at radius 2 is 1.96 bits per heavy atom. The molecule has 1 spiro atoms. The van der Waals surface area contributed by atoms with Crippen molar-refractivity contribution in [1.29, 1.82) is 0 Å². The number of nitrogens with zero attached hydrogens (tertiary/aromatic N) is 3. The molecule has 0 radical (unpaired) electrons. The van der Waals surface area contributed by atoms with Crippen LogP contribution in [0.3, 0.4) is 0 Å². The van der Waals surface area contributed by atoms with Crippen molar-refractivity contribution in [2.75, 3.05) is 26.2 Å². The fourth-order valence-electron chi connectivity index (χ4n) is 5.82. The van der Waals surface area contributed by atoms with E-state index in [1.54, 1.807) is 0 Å². The first-order valence-electron chi connectivity index (χ1n) is 9.84. The van der Waals surface area contributed by atoms with Crippen molar-refractivity contribution >= 4 is 5.78 Å². The van der Waals surface area contributed by atoms with Crippen LogP contribution in [0.2, 0.25) is 0 Å². The molecule has 2 aliphatic carbocycles. The molecule has 3 aliphatic heterocycles. The second-order valence-corrected chi connectivity index (χ2v) is 9.55. The van der Waals surface area contributed by atoms with Gasteiger partial charge in [-0.15, -0.1) is 5.11 Å². The molecule has 5 rings (SSSR count). The second kappa shape index (κ2) is 5.26. The molecule has 0 amide bonds. The summed E-state index contributed by atoms with van der Waals surface area (Å²) < 4.78 is 0. The third-order valence-corrected chi connectivity index (χ3v) is 6.86. The summed E-state index contributed by atoms with van der Waals surface area (Å²) in [5, 5.41) is 12.1. The molecule has 0 bridgehead atoms. The Kier molecular flexibility index (Phi) is 3.31. The van der Waals surface area contributed by atoms with Gasteiger partial charge in [-0.1, -0.05) is 26.7 Å². The first kappa shape index (κ1) is 15.7. The SMILES string of the molecule is CC1(C)CC(=O)C2=C(C1)NC1=C(CN=N1)C21CN(CC2CCCC2)C1. The summed E-state index contributed by atoms with van der Waals surface area (Å²) in [6.07, 6.45) is 7.14. The lowest BCUT2D eigenvalue weighted by atomic mass is 9.60. The smallest absolute Gasteiger partial charge is 0.162 e. The second-order valence-electron chi connectivity index (χ2n) is 9.55. The molecule has 0 aromatic carbocycles. The zero-order valence-corrected chi connectivity index (χ0v) is 15.4. The predicted molar refractivity (Wildman–Crippen MR) is 95.8 cm³/mol. The number of azo groups is 1. The third kappa shape index (κ3) is 2.35. The highest BCUT2D eigenvalue weighted by molar-refractivity contribution is 6.00. The number of fused-ring (bicyclic) bond motifs is 2. The normalized spacial score (nSPS) is 30.6. The Labute approximate surface area is 149 Å². The first-order valence-corrected chi connectivity index (χ1v) is 9.84. The minimum atomic E-state index is -0.106. The van der Waals surface area contributed by atoms with Crippen LogP contribution >= 0.6 is 0 Å². The molecule has 0 aromatic heterocycles. The van der Waals surface area contributed by atoms with Crippen molar-refractivity contribution in [3.63, 3.8) is 0 Å². The zero-order valence-electron chi connectivity index (χ0n) is 15.4. The molecule has 3 heterocycles. The summed E-state index contributed by atoms with van der Waals surface area (Å²) in [4.78, 5) is 15.7. The molecule has 5 nitrogen and oxygen atoms in total. The Hall–Kier alpha value is -1.49. The van der Waals surface area contributed by atoms with Gasteiger partial charge in [0.2, 0.25) is 0 Å². The molecule has 5 heteroatoms. The van der Waals surface area contributed by atoms with Crippen LogP contribution in [0, 0.1) is 16.7 Å². The quantitative estimate of drug-likeness (QED) is 0.838. The van der Waals surface area contributed by atoms with Gasteiger partial charge in [0.05, 0.1) is 12.0 Å². The Morgan fingerprint density at radius 3 is 2.72 bits per heavy atom. The van der Waals surface area contributed by atoms with Crippen LogP contribution in [0.25, 0.3) is 0 Å². The summed E-state index contributed by atoms with van der Waals surface area (Å²) in [5.41, 5.74) is 3.39. The number of rotatable bonds is 2. The fourth-order valence-corrected chi connectivity index (χ4v) is 5.82. The number of ketones is 1. The van der Waals surface area contributed by atoms with E-state index in [0.29, 0.717) is 18.7 Å². The highest BCUT2D eigenvalue weighted by Gasteiger charge is 2.57. The number of likely N-dealkylation sites (tertiary alicyclic amines) is 1. The van der Waals surface area contributed by atoms with Gasteiger partial charge in [-0.3, -0.25) is 4.79 Å². The Bertz CT molecular complexity index is 718.